The van der Waals surface area contributed by atoms with Crippen molar-refractivity contribution in [1.82, 2.24) is 0 Å². The van der Waals surface area contributed by atoms with E-state index < -0.39 is 7.92 Å². The van der Waals surface area contributed by atoms with E-state index in [0.29, 0.717) is 0 Å². The van der Waals surface area contributed by atoms with Gasteiger partial charge in [-0.2, -0.15) is 0 Å². The Morgan fingerprint density at radius 3 is 1.45 bits per heavy atom. The lowest BCUT2D eigenvalue weighted by molar-refractivity contribution is 0.671. The van der Waals surface area contributed by atoms with Crippen LogP contribution in [0.2, 0.25) is 0 Å². The Labute approximate surface area is 176 Å². The third-order valence-electron chi connectivity index (χ3n) is 6.90. The van der Waals surface area contributed by atoms with E-state index in [9.17, 15) is 0 Å². The molecule has 29 heavy (non-hydrogen) atoms. The van der Waals surface area contributed by atoms with Gasteiger partial charge in [-0.15, -0.1) is 0 Å². The number of hydrogen-bond acceptors (Lipinski definition) is 0. The van der Waals surface area contributed by atoms with E-state index in [1.807, 2.05) is 0 Å². The molecule has 0 fully saturated rings. The summed E-state index contributed by atoms with van der Waals surface area (Å²) in [6.07, 6.45) is 0. The molecule has 1 heteroatoms. The Balaban J connectivity index is 1.99. The van der Waals surface area contributed by atoms with Gasteiger partial charge < -0.3 is 0 Å². The quantitative estimate of drug-likeness (QED) is 0.448. The van der Waals surface area contributed by atoms with Crippen molar-refractivity contribution < 1.29 is 0 Å². The van der Waals surface area contributed by atoms with Gasteiger partial charge in [0.15, 0.2) is 0 Å². The van der Waals surface area contributed by atoms with Gasteiger partial charge in [-0.3, -0.25) is 0 Å². The predicted octanol–water partition coefficient (Wildman–Crippen LogP) is 6.39. The molecule has 0 saturated heterocycles. The normalized spacial score (nSPS) is 16.1. The van der Waals surface area contributed by atoms with E-state index >= 15 is 0 Å². The minimum atomic E-state index is -0.627. The maximum Gasteiger partial charge on any atom is 0.0354 e. The first-order chi connectivity index (χ1) is 14.0. The molecule has 146 valence electrons. The Morgan fingerprint density at radius 1 is 0.552 bits per heavy atom. The van der Waals surface area contributed by atoms with Gasteiger partial charge in [-0.05, 0) is 75.2 Å². The zero-order valence-electron chi connectivity index (χ0n) is 18.0. The summed E-state index contributed by atoms with van der Waals surface area (Å²) in [4.78, 5) is 0. The highest BCUT2D eigenvalue weighted by atomic mass is 31.1. The van der Waals surface area contributed by atoms with Crippen molar-refractivity contribution in [3.05, 3.63) is 113 Å². The van der Waals surface area contributed by atoms with Crippen molar-refractivity contribution in [2.45, 2.75) is 40.0 Å². The number of benzene rings is 3. The highest BCUT2D eigenvalue weighted by Crippen LogP contribution is 2.50. The lowest BCUT2D eigenvalue weighted by Gasteiger charge is -2.34. The van der Waals surface area contributed by atoms with Crippen LogP contribution in [0.1, 0.15) is 40.2 Å². The monoisotopic (exact) mass is 396 g/mol. The van der Waals surface area contributed by atoms with Crippen molar-refractivity contribution >= 4 is 23.8 Å². The topological polar surface area (TPSA) is 0 Å². The number of rotatable bonds is 4. The molecular weight excluding hydrogens is 367 g/mol. The summed E-state index contributed by atoms with van der Waals surface area (Å²) in [6, 6.07) is 31.1. The molecule has 3 aromatic rings. The summed E-state index contributed by atoms with van der Waals surface area (Å²) in [5.41, 5.74) is 7.26. The molecule has 0 atom stereocenters. The second kappa shape index (κ2) is 7.77. The summed E-state index contributed by atoms with van der Waals surface area (Å²) < 4.78 is 0. The lowest BCUT2D eigenvalue weighted by atomic mass is 9.73. The fraction of sp³-hybridized carbons (Fsp3) is 0.214. The van der Waals surface area contributed by atoms with Crippen molar-refractivity contribution in [3.63, 3.8) is 0 Å². The average molecular weight is 397 g/mol. The van der Waals surface area contributed by atoms with E-state index in [1.54, 1.807) is 0 Å². The van der Waals surface area contributed by atoms with Crippen LogP contribution in [-0.4, -0.2) is 0 Å². The molecule has 0 bridgehead atoms. The van der Waals surface area contributed by atoms with Crippen LogP contribution in [0, 0.1) is 0 Å². The zero-order valence-corrected chi connectivity index (χ0v) is 18.9. The van der Waals surface area contributed by atoms with Crippen LogP contribution in [0.15, 0.2) is 107 Å². The molecule has 0 radical (unpaired) electrons. The SMILES string of the molecule is CC1=C(C)C(C)(c2ccccc2P(c2ccccc2)c2ccccc2)C(C)=C1C. The fourth-order valence-electron chi connectivity index (χ4n) is 4.67. The van der Waals surface area contributed by atoms with Crippen LogP contribution in [0.25, 0.3) is 0 Å². The molecule has 3 aromatic carbocycles. The van der Waals surface area contributed by atoms with Gasteiger partial charge in [0.2, 0.25) is 0 Å². The molecule has 0 nitrogen and oxygen atoms in total. The lowest BCUT2D eigenvalue weighted by Crippen LogP contribution is -2.32. The largest absolute Gasteiger partial charge is 0.0622 e. The second-order valence-electron chi connectivity index (χ2n) is 8.15. The van der Waals surface area contributed by atoms with Gasteiger partial charge in [-0.25, -0.2) is 0 Å². The predicted molar refractivity (Wildman–Crippen MR) is 129 cm³/mol. The number of hydrogen-bond donors (Lipinski definition) is 0. The first-order valence-electron chi connectivity index (χ1n) is 10.3. The smallest absolute Gasteiger partial charge is 0.0354 e. The average Bonchev–Trinajstić information content (AvgIpc) is 2.92. The van der Waals surface area contributed by atoms with Crippen molar-refractivity contribution in [2.75, 3.05) is 0 Å². The van der Waals surface area contributed by atoms with Crippen LogP contribution in [0.5, 0.6) is 0 Å². The first kappa shape index (κ1) is 19.9. The molecule has 0 spiro atoms. The van der Waals surface area contributed by atoms with Crippen LogP contribution in [-0.2, 0) is 5.41 Å². The summed E-state index contributed by atoms with van der Waals surface area (Å²) in [5.74, 6) is 0. The summed E-state index contributed by atoms with van der Waals surface area (Å²) in [5, 5.41) is 4.27. The molecule has 0 saturated carbocycles. The van der Waals surface area contributed by atoms with Crippen LogP contribution in [0.4, 0.5) is 0 Å². The summed E-state index contributed by atoms with van der Waals surface area (Å²) in [7, 11) is -0.627. The van der Waals surface area contributed by atoms with Gasteiger partial charge in [0.25, 0.3) is 0 Å². The first-order valence-corrected chi connectivity index (χ1v) is 11.7. The maximum atomic E-state index is 2.42. The van der Waals surface area contributed by atoms with Gasteiger partial charge in [0.1, 0.15) is 0 Å². The third kappa shape index (κ3) is 3.21. The molecular formula is C28H29P. The van der Waals surface area contributed by atoms with E-state index in [4.69, 9.17) is 0 Å². The summed E-state index contributed by atoms with van der Waals surface area (Å²) in [6.45, 7) is 11.6. The van der Waals surface area contributed by atoms with Gasteiger partial charge in [-0.1, -0.05) is 96.1 Å². The molecule has 4 rings (SSSR count). The minimum absolute atomic E-state index is 0.0467. The molecule has 0 aromatic heterocycles. The Morgan fingerprint density at radius 2 is 0.966 bits per heavy atom. The third-order valence-corrected chi connectivity index (χ3v) is 9.40. The molecule has 1 aliphatic rings. The van der Waals surface area contributed by atoms with Gasteiger partial charge in [0, 0.05) is 5.41 Å². The van der Waals surface area contributed by atoms with E-state index in [1.165, 1.54) is 43.8 Å². The summed E-state index contributed by atoms with van der Waals surface area (Å²) >= 11 is 0. The van der Waals surface area contributed by atoms with Crippen molar-refractivity contribution in [3.8, 4) is 0 Å². The van der Waals surface area contributed by atoms with Crippen LogP contribution in [0.3, 0.4) is 0 Å². The Bertz CT molecular complexity index is 1020. The molecule has 0 N–H and O–H groups in total. The highest BCUT2D eigenvalue weighted by molar-refractivity contribution is 7.79. The van der Waals surface area contributed by atoms with Crippen molar-refractivity contribution in [2.24, 2.45) is 0 Å². The van der Waals surface area contributed by atoms with Gasteiger partial charge >= 0.3 is 0 Å². The second-order valence-corrected chi connectivity index (χ2v) is 10.3. The zero-order chi connectivity index (χ0) is 20.6. The minimum Gasteiger partial charge on any atom is -0.0622 e. The number of allylic oxidation sites excluding steroid dienone is 4. The van der Waals surface area contributed by atoms with E-state index in [2.05, 4.69) is 120 Å². The Hall–Kier alpha value is -2.43. The fourth-order valence-corrected chi connectivity index (χ4v) is 7.24. The van der Waals surface area contributed by atoms with E-state index in [0.717, 1.165) is 0 Å². The Kier molecular flexibility index (Phi) is 5.32. The molecule has 0 amide bonds. The van der Waals surface area contributed by atoms with Crippen LogP contribution < -0.4 is 15.9 Å². The van der Waals surface area contributed by atoms with Gasteiger partial charge in [0.05, 0.1) is 0 Å². The van der Waals surface area contributed by atoms with Crippen molar-refractivity contribution in [1.29, 1.82) is 0 Å². The standard InChI is InChI=1S/C28H29P/c1-20-21(2)23(4)28(5,22(20)3)26-18-12-13-19-27(26)29(24-14-8-6-9-15-24)25-16-10-7-11-17-25/h6-19H,1-5H3. The molecule has 1 aliphatic carbocycles. The van der Waals surface area contributed by atoms with E-state index in [-0.39, 0.29) is 5.41 Å². The molecule has 0 unspecified atom stereocenters. The van der Waals surface area contributed by atoms with Crippen LogP contribution >= 0.6 is 7.92 Å². The molecule has 0 aliphatic heterocycles. The highest BCUT2D eigenvalue weighted by Gasteiger charge is 2.40. The maximum absolute atomic E-state index is 2.42. The molecule has 0 heterocycles.